The fourth-order valence-corrected chi connectivity index (χ4v) is 2.29. The molecule has 0 rings (SSSR count). The summed E-state index contributed by atoms with van der Waals surface area (Å²) in [7, 11) is 2.71. The Morgan fingerprint density at radius 3 is 0.914 bits per heavy atom. The van der Waals surface area contributed by atoms with Crippen molar-refractivity contribution in [2.75, 3.05) is 14.2 Å². The number of hydrogen-bond donors (Lipinski definition) is 10. The quantitative estimate of drug-likeness (QED) is 0.0955. The third-order valence-corrected chi connectivity index (χ3v) is 4.49. The van der Waals surface area contributed by atoms with Crippen LogP contribution in [0.2, 0.25) is 0 Å². The predicted octanol–water partition coefficient (Wildman–Crippen LogP) is -5.75. The average Bonchev–Trinajstić information content (AvgIpc) is 2.83. The topological polar surface area (TPSA) is 272 Å². The van der Waals surface area contributed by atoms with Crippen molar-refractivity contribution in [1.82, 2.24) is 0 Å². The van der Waals surface area contributed by atoms with Crippen LogP contribution in [0.3, 0.4) is 0 Å². The number of aliphatic hydroxyl groups excluding tert-OH is 10. The molecule has 0 aliphatic rings. The van der Waals surface area contributed by atoms with E-state index in [1.54, 1.807) is 0 Å². The van der Waals surface area contributed by atoms with E-state index in [4.69, 9.17) is 50.3 Å². The lowest BCUT2D eigenvalue weighted by Crippen LogP contribution is -2.46. The van der Waals surface area contributed by atoms with Gasteiger partial charge < -0.3 is 74.9 Å². The largest absolute Gasteiger partial charge is 0.391 e. The molecule has 0 saturated carbocycles. The van der Waals surface area contributed by atoms with E-state index in [1.807, 2.05) is 0 Å². The number of aliphatic hydroxyl groups is 10. The Hall–Kier alpha value is -1.47. The minimum Gasteiger partial charge on any atom is -0.391 e. The zero-order valence-corrected chi connectivity index (χ0v) is 20.2. The van der Waals surface area contributed by atoms with Gasteiger partial charge in [0.15, 0.2) is 18.9 Å². The second-order valence-corrected chi connectivity index (χ2v) is 7.46. The normalized spacial score (nSPS) is 21.3. The minimum absolute atomic E-state index is 0.0935. The molecule has 0 saturated heterocycles. The monoisotopic (exact) mass is 520 g/mol. The van der Waals surface area contributed by atoms with E-state index in [0.29, 0.717) is 6.29 Å². The van der Waals surface area contributed by atoms with Crippen LogP contribution in [0.25, 0.3) is 0 Å². The molecule has 0 radical (unpaired) electrons. The van der Waals surface area contributed by atoms with E-state index in [2.05, 4.69) is 0 Å². The number of methoxy groups -OCH3 is 2. The van der Waals surface area contributed by atoms with Crippen LogP contribution in [0.15, 0.2) is 0 Å². The Morgan fingerprint density at radius 1 is 0.457 bits per heavy atom. The molecule has 0 heterocycles. The van der Waals surface area contributed by atoms with Gasteiger partial charge in [-0.25, -0.2) is 0 Å². The SMILES string of the molecule is CO[C@H]([C@@H](OC)[C@@H](O)C=O)[C@H](C)O.C[C@@H](O)[C@H](O)[C@H](O)[C@H](O)C=O.C[C@H](O)[C@H](O)[C@@H](O)[C@@H](O)C=O. The molecule has 0 spiro atoms. The molecule has 0 aromatic carbocycles. The summed E-state index contributed by atoms with van der Waals surface area (Å²) in [5, 5.41) is 88.6. The van der Waals surface area contributed by atoms with Gasteiger partial charge in [-0.05, 0) is 20.8 Å². The molecular formula is C20H40O15. The first-order valence-corrected chi connectivity index (χ1v) is 10.3. The van der Waals surface area contributed by atoms with Gasteiger partial charge in [-0.15, -0.1) is 0 Å². The van der Waals surface area contributed by atoms with Gasteiger partial charge in [0.05, 0.1) is 18.3 Å². The van der Waals surface area contributed by atoms with Crippen molar-refractivity contribution < 1.29 is 74.9 Å². The summed E-state index contributed by atoms with van der Waals surface area (Å²) in [4.78, 5) is 30.0. The Bertz CT molecular complexity index is 515. The van der Waals surface area contributed by atoms with Gasteiger partial charge in [-0.1, -0.05) is 0 Å². The summed E-state index contributed by atoms with van der Waals surface area (Å²) in [6, 6.07) is 0. The van der Waals surface area contributed by atoms with Gasteiger partial charge in [0.25, 0.3) is 0 Å². The van der Waals surface area contributed by atoms with Crippen molar-refractivity contribution in [3.8, 4) is 0 Å². The first-order chi connectivity index (χ1) is 16.1. The smallest absolute Gasteiger partial charge is 0.151 e. The molecule has 0 aromatic rings. The second-order valence-electron chi connectivity index (χ2n) is 7.46. The zero-order chi connectivity index (χ0) is 28.5. The molecule has 210 valence electrons. The van der Waals surface area contributed by atoms with E-state index in [0.717, 1.165) is 0 Å². The van der Waals surface area contributed by atoms with Crippen LogP contribution < -0.4 is 0 Å². The number of hydrogen-bond acceptors (Lipinski definition) is 15. The van der Waals surface area contributed by atoms with Gasteiger partial charge in [0.1, 0.15) is 54.9 Å². The van der Waals surface area contributed by atoms with E-state index < -0.39 is 73.2 Å². The standard InChI is InChI=1S/C8H16O5.2C6H12O5/c1-5(10)7(12-2)8(13-3)6(11)4-9;2*1-3(8)5(10)6(11)4(9)2-7/h4-8,10-11H,1-3H3;2*2-6,8-11H,1H3/t5-,6-,7-,8-;3-,4-,5+,6-;3-,4-,5-,6-/m010/s1. The highest BCUT2D eigenvalue weighted by Gasteiger charge is 2.31. The molecule has 0 fully saturated rings. The van der Waals surface area contributed by atoms with Crippen LogP contribution in [-0.2, 0) is 23.9 Å². The molecular weight excluding hydrogens is 480 g/mol. The average molecular weight is 521 g/mol. The molecule has 15 nitrogen and oxygen atoms in total. The highest BCUT2D eigenvalue weighted by molar-refractivity contribution is 5.57. The first-order valence-electron chi connectivity index (χ1n) is 10.3. The summed E-state index contributed by atoms with van der Waals surface area (Å²) in [6.07, 6.45) is -15.1. The number of ether oxygens (including phenoxy) is 2. The third kappa shape index (κ3) is 15.3. The van der Waals surface area contributed by atoms with Crippen molar-refractivity contribution in [2.45, 2.75) is 94.0 Å². The summed E-state index contributed by atoms with van der Waals surface area (Å²) in [5.41, 5.74) is 0. The van der Waals surface area contributed by atoms with Crippen molar-refractivity contribution in [3.05, 3.63) is 0 Å². The molecule has 0 aromatic heterocycles. The van der Waals surface area contributed by atoms with Crippen molar-refractivity contribution in [2.24, 2.45) is 0 Å². The lowest BCUT2D eigenvalue weighted by molar-refractivity contribution is -0.144. The molecule has 15 heteroatoms. The Labute approximate surface area is 202 Å². The van der Waals surface area contributed by atoms with Crippen LogP contribution in [0.1, 0.15) is 20.8 Å². The van der Waals surface area contributed by atoms with E-state index in [1.165, 1.54) is 35.0 Å². The Morgan fingerprint density at radius 2 is 0.743 bits per heavy atom. The fraction of sp³-hybridized carbons (Fsp3) is 0.850. The maximum Gasteiger partial charge on any atom is 0.151 e. The number of aldehydes is 3. The summed E-state index contributed by atoms with van der Waals surface area (Å²) in [6.45, 7) is 3.98. The molecule has 0 bridgehead atoms. The summed E-state index contributed by atoms with van der Waals surface area (Å²) >= 11 is 0. The van der Waals surface area contributed by atoms with Gasteiger partial charge in [-0.2, -0.15) is 0 Å². The van der Waals surface area contributed by atoms with Gasteiger partial charge in [0.2, 0.25) is 0 Å². The maximum atomic E-state index is 10.3. The van der Waals surface area contributed by atoms with Crippen LogP contribution in [-0.4, -0.2) is 157 Å². The summed E-state index contributed by atoms with van der Waals surface area (Å²) in [5.74, 6) is 0. The number of rotatable bonds is 14. The van der Waals surface area contributed by atoms with Gasteiger partial charge in [-0.3, -0.25) is 0 Å². The fourth-order valence-electron chi connectivity index (χ4n) is 2.29. The number of carbonyl (C=O) groups is 3. The van der Waals surface area contributed by atoms with Crippen LogP contribution in [0.5, 0.6) is 0 Å². The minimum atomic E-state index is -1.65. The van der Waals surface area contributed by atoms with Gasteiger partial charge in [0, 0.05) is 14.2 Å². The zero-order valence-electron chi connectivity index (χ0n) is 20.2. The Kier molecular flexibility index (Phi) is 22.5. The molecule has 0 aliphatic carbocycles. The lowest BCUT2D eigenvalue weighted by Gasteiger charge is -2.28. The molecule has 0 aliphatic heterocycles. The molecule has 35 heavy (non-hydrogen) atoms. The van der Waals surface area contributed by atoms with E-state index >= 15 is 0 Å². The van der Waals surface area contributed by atoms with Crippen molar-refractivity contribution >= 4 is 18.9 Å². The van der Waals surface area contributed by atoms with Crippen molar-refractivity contribution in [1.29, 1.82) is 0 Å². The molecule has 10 N–H and O–H groups in total. The van der Waals surface area contributed by atoms with Crippen LogP contribution >= 0.6 is 0 Å². The highest BCUT2D eigenvalue weighted by atomic mass is 16.5. The molecule has 0 amide bonds. The van der Waals surface area contributed by atoms with E-state index in [-0.39, 0.29) is 12.6 Å². The van der Waals surface area contributed by atoms with E-state index in [9.17, 15) is 24.6 Å². The predicted molar refractivity (Wildman–Crippen MR) is 117 cm³/mol. The lowest BCUT2D eigenvalue weighted by atomic mass is 10.0. The molecule has 12 atom stereocenters. The van der Waals surface area contributed by atoms with Crippen molar-refractivity contribution in [3.63, 3.8) is 0 Å². The second kappa shape index (κ2) is 20.7. The third-order valence-electron chi connectivity index (χ3n) is 4.49. The highest BCUT2D eigenvalue weighted by Crippen LogP contribution is 2.10. The number of carbonyl (C=O) groups excluding carboxylic acids is 3. The first kappa shape index (κ1) is 38.1. The molecule has 0 unspecified atom stereocenters. The summed E-state index contributed by atoms with van der Waals surface area (Å²) < 4.78 is 9.74. The van der Waals surface area contributed by atoms with Gasteiger partial charge >= 0.3 is 0 Å². The maximum absolute atomic E-state index is 10.3. The van der Waals surface area contributed by atoms with Crippen LogP contribution in [0, 0.1) is 0 Å². The Balaban J connectivity index is -0.000000441. The van der Waals surface area contributed by atoms with Crippen LogP contribution in [0.4, 0.5) is 0 Å².